The molecule has 0 spiro atoms. The van der Waals surface area contributed by atoms with Crippen LogP contribution in [-0.4, -0.2) is 12.5 Å². The van der Waals surface area contributed by atoms with E-state index < -0.39 is 0 Å². The second kappa shape index (κ2) is 9.19. The molecule has 2 atom stereocenters. The molecule has 0 fully saturated rings. The molecule has 4 heteroatoms. The van der Waals surface area contributed by atoms with Crippen LogP contribution in [0.4, 0.5) is 0 Å². The van der Waals surface area contributed by atoms with E-state index in [1.54, 1.807) is 6.26 Å². The van der Waals surface area contributed by atoms with Crippen molar-refractivity contribution in [1.29, 1.82) is 0 Å². The van der Waals surface area contributed by atoms with E-state index in [0.717, 1.165) is 23.3 Å². The van der Waals surface area contributed by atoms with Crippen molar-refractivity contribution in [3.8, 4) is 0 Å². The SMILES string of the molecule is CC[C@@H](NC(=O)C[NH2+][C@H](c1ccccc1)c1ccco1)c1ccc(C)cc1. The predicted molar refractivity (Wildman–Crippen MR) is 106 cm³/mol. The van der Waals surface area contributed by atoms with E-state index in [1.807, 2.05) is 35.6 Å². The lowest BCUT2D eigenvalue weighted by atomic mass is 10.0. The van der Waals surface area contributed by atoms with Crippen LogP contribution in [0.2, 0.25) is 0 Å². The lowest BCUT2D eigenvalue weighted by Gasteiger charge is -2.19. The van der Waals surface area contributed by atoms with Crippen LogP contribution in [0.15, 0.2) is 77.4 Å². The summed E-state index contributed by atoms with van der Waals surface area (Å²) in [6, 6.07) is 22.3. The summed E-state index contributed by atoms with van der Waals surface area (Å²) in [5.74, 6) is 0.870. The van der Waals surface area contributed by atoms with Crippen molar-refractivity contribution in [1.82, 2.24) is 5.32 Å². The number of quaternary nitrogens is 1. The Bertz CT molecular complexity index is 827. The lowest BCUT2D eigenvalue weighted by molar-refractivity contribution is -0.678. The van der Waals surface area contributed by atoms with Crippen molar-refractivity contribution in [3.05, 3.63) is 95.4 Å². The quantitative estimate of drug-likeness (QED) is 0.643. The first-order valence-electron chi connectivity index (χ1n) is 9.45. The summed E-state index contributed by atoms with van der Waals surface area (Å²) in [5.41, 5.74) is 3.48. The van der Waals surface area contributed by atoms with Crippen molar-refractivity contribution in [2.45, 2.75) is 32.4 Å². The highest BCUT2D eigenvalue weighted by molar-refractivity contribution is 5.77. The third kappa shape index (κ3) is 5.08. The van der Waals surface area contributed by atoms with Gasteiger partial charge >= 0.3 is 0 Å². The van der Waals surface area contributed by atoms with Crippen molar-refractivity contribution >= 4 is 5.91 Å². The molecule has 0 saturated carbocycles. The molecule has 140 valence electrons. The molecule has 0 aliphatic carbocycles. The van der Waals surface area contributed by atoms with Gasteiger partial charge in [-0.25, -0.2) is 0 Å². The average molecular weight is 363 g/mol. The first-order chi connectivity index (χ1) is 13.2. The van der Waals surface area contributed by atoms with Crippen LogP contribution in [0, 0.1) is 6.92 Å². The fourth-order valence-corrected chi connectivity index (χ4v) is 3.24. The number of amides is 1. The van der Waals surface area contributed by atoms with Crippen LogP contribution in [0.25, 0.3) is 0 Å². The van der Waals surface area contributed by atoms with Gasteiger partial charge in [-0.1, -0.05) is 67.1 Å². The van der Waals surface area contributed by atoms with E-state index in [0.29, 0.717) is 6.54 Å². The van der Waals surface area contributed by atoms with E-state index in [-0.39, 0.29) is 18.0 Å². The zero-order valence-electron chi connectivity index (χ0n) is 15.9. The number of carbonyl (C=O) groups excluding carboxylic acids is 1. The zero-order chi connectivity index (χ0) is 19.1. The van der Waals surface area contributed by atoms with Gasteiger partial charge in [0, 0.05) is 5.56 Å². The molecule has 1 heterocycles. The summed E-state index contributed by atoms with van der Waals surface area (Å²) in [5, 5.41) is 5.17. The lowest BCUT2D eigenvalue weighted by Crippen LogP contribution is -2.87. The molecular weight excluding hydrogens is 336 g/mol. The molecule has 1 aromatic heterocycles. The summed E-state index contributed by atoms with van der Waals surface area (Å²) in [7, 11) is 0. The molecule has 0 aliphatic rings. The number of benzene rings is 2. The highest BCUT2D eigenvalue weighted by atomic mass is 16.3. The smallest absolute Gasteiger partial charge is 0.275 e. The van der Waals surface area contributed by atoms with Crippen LogP contribution < -0.4 is 10.6 Å². The molecule has 0 unspecified atom stereocenters. The van der Waals surface area contributed by atoms with Gasteiger partial charge in [0.2, 0.25) is 0 Å². The Hall–Kier alpha value is -2.85. The number of carbonyl (C=O) groups is 1. The van der Waals surface area contributed by atoms with Crippen LogP contribution in [0.3, 0.4) is 0 Å². The highest BCUT2D eigenvalue weighted by Gasteiger charge is 2.22. The van der Waals surface area contributed by atoms with E-state index >= 15 is 0 Å². The topological polar surface area (TPSA) is 58.9 Å². The third-order valence-electron chi connectivity index (χ3n) is 4.77. The number of rotatable bonds is 8. The molecule has 3 aromatic rings. The summed E-state index contributed by atoms with van der Waals surface area (Å²) >= 11 is 0. The molecule has 0 aliphatic heterocycles. The Balaban J connectivity index is 1.64. The summed E-state index contributed by atoms with van der Waals surface area (Å²) < 4.78 is 5.60. The van der Waals surface area contributed by atoms with Gasteiger partial charge in [-0.2, -0.15) is 0 Å². The van der Waals surface area contributed by atoms with E-state index in [9.17, 15) is 4.79 Å². The number of hydrogen-bond donors (Lipinski definition) is 2. The van der Waals surface area contributed by atoms with Crippen LogP contribution in [0.5, 0.6) is 0 Å². The molecule has 1 amide bonds. The third-order valence-corrected chi connectivity index (χ3v) is 4.77. The molecule has 3 rings (SSSR count). The van der Waals surface area contributed by atoms with Gasteiger partial charge in [-0.3, -0.25) is 4.79 Å². The minimum absolute atomic E-state index is 0.0231. The van der Waals surface area contributed by atoms with E-state index in [1.165, 1.54) is 5.56 Å². The second-order valence-electron chi connectivity index (χ2n) is 6.78. The average Bonchev–Trinajstić information content (AvgIpc) is 3.22. The summed E-state index contributed by atoms with van der Waals surface area (Å²) in [6.07, 6.45) is 2.53. The zero-order valence-corrected chi connectivity index (χ0v) is 15.9. The Kier molecular flexibility index (Phi) is 6.44. The standard InChI is InChI=1S/C23H26N2O2/c1-3-20(18-13-11-17(2)12-14-18)25-22(26)16-24-23(21-10-7-15-27-21)19-8-5-4-6-9-19/h4-15,20,23-24H,3,16H2,1-2H3,(H,25,26)/p+1/t20-,23-/m1/s1. The Morgan fingerprint density at radius 1 is 1.00 bits per heavy atom. The Morgan fingerprint density at radius 2 is 1.74 bits per heavy atom. The van der Waals surface area contributed by atoms with E-state index in [2.05, 4.69) is 55.6 Å². The highest BCUT2D eigenvalue weighted by Crippen LogP contribution is 2.19. The molecule has 0 bridgehead atoms. The molecule has 4 nitrogen and oxygen atoms in total. The molecule has 2 aromatic carbocycles. The van der Waals surface area contributed by atoms with Crippen molar-refractivity contribution in [3.63, 3.8) is 0 Å². The van der Waals surface area contributed by atoms with Gasteiger partial charge in [0.15, 0.2) is 18.3 Å². The maximum atomic E-state index is 12.6. The maximum absolute atomic E-state index is 12.6. The number of aryl methyl sites for hydroxylation is 1. The summed E-state index contributed by atoms with van der Waals surface area (Å²) in [6.45, 7) is 4.49. The van der Waals surface area contributed by atoms with Gasteiger partial charge in [-0.15, -0.1) is 0 Å². The fourth-order valence-electron chi connectivity index (χ4n) is 3.24. The van der Waals surface area contributed by atoms with Crippen molar-refractivity contribution in [2.24, 2.45) is 0 Å². The van der Waals surface area contributed by atoms with Gasteiger partial charge in [0.05, 0.1) is 12.3 Å². The van der Waals surface area contributed by atoms with Gasteiger partial charge in [-0.05, 0) is 31.0 Å². The number of furan rings is 1. The first kappa shape index (κ1) is 18.9. The Labute approximate surface area is 160 Å². The number of hydrogen-bond acceptors (Lipinski definition) is 2. The van der Waals surface area contributed by atoms with E-state index in [4.69, 9.17) is 4.42 Å². The molecule has 3 N–H and O–H groups in total. The largest absolute Gasteiger partial charge is 0.463 e. The number of nitrogens with one attached hydrogen (secondary N) is 1. The Morgan fingerprint density at radius 3 is 2.37 bits per heavy atom. The monoisotopic (exact) mass is 363 g/mol. The van der Waals surface area contributed by atoms with Crippen LogP contribution in [-0.2, 0) is 4.79 Å². The minimum Gasteiger partial charge on any atom is -0.463 e. The molecular formula is C23H27N2O2+. The van der Waals surface area contributed by atoms with Crippen LogP contribution in [0.1, 0.15) is 47.9 Å². The van der Waals surface area contributed by atoms with Gasteiger partial charge < -0.3 is 15.1 Å². The predicted octanol–water partition coefficient (Wildman–Crippen LogP) is 3.51. The molecule has 0 radical (unpaired) electrons. The molecule has 0 saturated heterocycles. The number of nitrogens with two attached hydrogens (primary N) is 1. The van der Waals surface area contributed by atoms with Gasteiger partial charge in [0.1, 0.15) is 0 Å². The minimum atomic E-state index is -0.0357. The van der Waals surface area contributed by atoms with Crippen molar-refractivity contribution < 1.29 is 14.5 Å². The molecule has 27 heavy (non-hydrogen) atoms. The maximum Gasteiger partial charge on any atom is 0.275 e. The fraction of sp³-hybridized carbons (Fsp3) is 0.261. The van der Waals surface area contributed by atoms with Gasteiger partial charge in [0.25, 0.3) is 5.91 Å². The summed E-state index contributed by atoms with van der Waals surface area (Å²) in [4.78, 5) is 12.6. The normalized spacial score (nSPS) is 13.1. The second-order valence-corrected chi connectivity index (χ2v) is 6.78. The first-order valence-corrected chi connectivity index (χ1v) is 9.45. The van der Waals surface area contributed by atoms with Crippen LogP contribution >= 0.6 is 0 Å². The van der Waals surface area contributed by atoms with Crippen molar-refractivity contribution in [2.75, 3.05) is 6.54 Å².